The van der Waals surface area contributed by atoms with E-state index in [9.17, 15) is 4.79 Å². The summed E-state index contributed by atoms with van der Waals surface area (Å²) in [5, 5.41) is 1.99. The first-order valence-electron chi connectivity index (χ1n) is 5.81. The van der Waals surface area contributed by atoms with Crippen LogP contribution in [0.1, 0.15) is 12.0 Å². The van der Waals surface area contributed by atoms with Gasteiger partial charge in [-0.15, -0.1) is 11.3 Å². The van der Waals surface area contributed by atoms with Crippen LogP contribution in [0.15, 0.2) is 15.2 Å². The van der Waals surface area contributed by atoms with Crippen LogP contribution < -0.4 is 0 Å². The van der Waals surface area contributed by atoms with Gasteiger partial charge in [0.1, 0.15) is 6.61 Å². The summed E-state index contributed by atoms with van der Waals surface area (Å²) in [7, 11) is 2.00. The molecule has 1 aliphatic heterocycles. The standard InChI is InChI=1S/C12H16BrNO2S2/c1-14(10-2-3-17-8-10)5-12(15)16-6-9-4-11(13)18-7-9/h4,7,10H,2-3,5-6,8H2,1H3/t10-/m0/s1. The highest BCUT2D eigenvalue weighted by molar-refractivity contribution is 9.11. The highest BCUT2D eigenvalue weighted by Crippen LogP contribution is 2.22. The molecule has 1 saturated heterocycles. The Kier molecular flexibility index (Phi) is 5.54. The van der Waals surface area contributed by atoms with Crippen LogP contribution >= 0.6 is 39.0 Å². The Balaban J connectivity index is 1.71. The van der Waals surface area contributed by atoms with Gasteiger partial charge in [-0.25, -0.2) is 0 Å². The van der Waals surface area contributed by atoms with E-state index in [-0.39, 0.29) is 5.97 Å². The summed E-state index contributed by atoms with van der Waals surface area (Å²) in [6.07, 6.45) is 1.17. The lowest BCUT2D eigenvalue weighted by Gasteiger charge is -2.22. The van der Waals surface area contributed by atoms with E-state index in [2.05, 4.69) is 20.8 Å². The Labute approximate surface area is 124 Å². The molecular weight excluding hydrogens is 334 g/mol. The lowest BCUT2D eigenvalue weighted by atomic mass is 10.2. The minimum absolute atomic E-state index is 0.142. The van der Waals surface area contributed by atoms with E-state index in [1.165, 1.54) is 12.2 Å². The summed E-state index contributed by atoms with van der Waals surface area (Å²) in [5.41, 5.74) is 1.04. The molecule has 0 aliphatic carbocycles. The van der Waals surface area contributed by atoms with Gasteiger partial charge in [0, 0.05) is 17.4 Å². The van der Waals surface area contributed by atoms with Crippen LogP contribution in [0.2, 0.25) is 0 Å². The number of thiophene rings is 1. The monoisotopic (exact) mass is 349 g/mol. The summed E-state index contributed by atoms with van der Waals surface area (Å²) >= 11 is 6.95. The van der Waals surface area contributed by atoms with Gasteiger partial charge >= 0.3 is 5.97 Å². The van der Waals surface area contributed by atoms with Crippen molar-refractivity contribution in [3.05, 3.63) is 20.8 Å². The summed E-state index contributed by atoms with van der Waals surface area (Å²) in [6.45, 7) is 0.755. The Hall–Kier alpha value is -0.0400. The molecule has 100 valence electrons. The van der Waals surface area contributed by atoms with Gasteiger partial charge in [-0.2, -0.15) is 11.8 Å². The van der Waals surface area contributed by atoms with Crippen LogP contribution in [0.25, 0.3) is 0 Å². The first-order valence-corrected chi connectivity index (χ1v) is 8.64. The molecule has 6 heteroatoms. The normalized spacial score (nSPS) is 19.4. The average Bonchev–Trinajstić information content (AvgIpc) is 2.97. The molecule has 0 amide bonds. The summed E-state index contributed by atoms with van der Waals surface area (Å²) in [5.74, 6) is 2.19. The van der Waals surface area contributed by atoms with Crippen LogP contribution in [0.3, 0.4) is 0 Å². The van der Waals surface area contributed by atoms with Crippen molar-refractivity contribution in [2.24, 2.45) is 0 Å². The number of carbonyl (C=O) groups is 1. The van der Waals surface area contributed by atoms with Gasteiger partial charge in [0.05, 0.1) is 10.3 Å². The van der Waals surface area contributed by atoms with Crippen molar-refractivity contribution in [3.8, 4) is 0 Å². The van der Waals surface area contributed by atoms with Crippen molar-refractivity contribution < 1.29 is 9.53 Å². The highest BCUT2D eigenvalue weighted by Gasteiger charge is 2.22. The molecule has 1 aliphatic rings. The van der Waals surface area contributed by atoms with Crippen LogP contribution in [-0.2, 0) is 16.1 Å². The minimum atomic E-state index is -0.142. The molecule has 0 aromatic carbocycles. The predicted molar refractivity (Wildman–Crippen MR) is 80.2 cm³/mol. The number of hydrogen-bond acceptors (Lipinski definition) is 5. The number of ether oxygens (including phenoxy) is 1. The van der Waals surface area contributed by atoms with Gasteiger partial charge < -0.3 is 4.74 Å². The lowest BCUT2D eigenvalue weighted by Crippen LogP contribution is -2.36. The molecule has 3 nitrogen and oxygen atoms in total. The molecule has 0 saturated carbocycles. The SMILES string of the molecule is CN(CC(=O)OCc1csc(Br)c1)[C@H]1CCSC1. The van der Waals surface area contributed by atoms with Gasteiger partial charge in [-0.05, 0) is 46.6 Å². The van der Waals surface area contributed by atoms with Gasteiger partial charge in [-0.1, -0.05) is 0 Å². The molecule has 1 atom stereocenters. The fraction of sp³-hybridized carbons (Fsp3) is 0.583. The van der Waals surface area contributed by atoms with Crippen LogP contribution in [0.4, 0.5) is 0 Å². The van der Waals surface area contributed by atoms with Crippen LogP contribution in [0, 0.1) is 0 Å². The zero-order chi connectivity index (χ0) is 13.0. The van der Waals surface area contributed by atoms with Crippen molar-refractivity contribution in [1.29, 1.82) is 0 Å². The summed E-state index contributed by atoms with van der Waals surface area (Å²) in [6, 6.07) is 2.51. The number of carbonyl (C=O) groups excluding carboxylic acids is 1. The van der Waals surface area contributed by atoms with E-state index in [4.69, 9.17) is 4.74 Å². The molecule has 2 heterocycles. The predicted octanol–water partition coefficient (Wildman–Crippen LogP) is 2.99. The van der Waals surface area contributed by atoms with Gasteiger partial charge in [0.15, 0.2) is 0 Å². The second-order valence-electron chi connectivity index (χ2n) is 4.35. The minimum Gasteiger partial charge on any atom is -0.460 e. The third kappa shape index (κ3) is 4.26. The molecule has 2 rings (SSSR count). The maximum absolute atomic E-state index is 11.7. The maximum atomic E-state index is 11.7. The summed E-state index contributed by atoms with van der Waals surface area (Å²) in [4.78, 5) is 13.8. The van der Waals surface area contributed by atoms with Crippen LogP contribution in [0.5, 0.6) is 0 Å². The highest BCUT2D eigenvalue weighted by atomic mass is 79.9. The zero-order valence-corrected chi connectivity index (χ0v) is 13.4. The fourth-order valence-electron chi connectivity index (χ4n) is 1.83. The van der Waals surface area contributed by atoms with Crippen molar-refractivity contribution in [3.63, 3.8) is 0 Å². The molecule has 1 fully saturated rings. The third-order valence-electron chi connectivity index (χ3n) is 2.93. The number of esters is 1. The van der Waals surface area contributed by atoms with Gasteiger partial charge in [0.25, 0.3) is 0 Å². The van der Waals surface area contributed by atoms with Gasteiger partial charge in [-0.3, -0.25) is 9.69 Å². The lowest BCUT2D eigenvalue weighted by molar-refractivity contribution is -0.146. The number of nitrogens with zero attached hydrogens (tertiary/aromatic N) is 1. The number of likely N-dealkylation sites (N-methyl/N-ethyl adjacent to an activating group) is 1. The second-order valence-corrected chi connectivity index (χ2v) is 7.79. The first kappa shape index (κ1) is 14.4. The number of thioether (sulfide) groups is 1. The molecule has 1 aromatic heterocycles. The van der Waals surface area contributed by atoms with E-state index in [1.807, 2.05) is 30.3 Å². The average molecular weight is 350 g/mol. The number of hydrogen-bond donors (Lipinski definition) is 0. The number of rotatable bonds is 5. The molecule has 18 heavy (non-hydrogen) atoms. The molecule has 0 spiro atoms. The zero-order valence-electron chi connectivity index (χ0n) is 10.2. The van der Waals surface area contributed by atoms with Crippen LogP contribution in [-0.4, -0.2) is 42.0 Å². The van der Waals surface area contributed by atoms with Crippen molar-refractivity contribution in [2.75, 3.05) is 25.1 Å². The van der Waals surface area contributed by atoms with E-state index in [0.717, 1.165) is 15.1 Å². The molecule has 1 aromatic rings. The van der Waals surface area contributed by atoms with E-state index >= 15 is 0 Å². The van der Waals surface area contributed by atoms with Crippen molar-refractivity contribution >= 4 is 45.0 Å². The first-order chi connectivity index (χ1) is 8.65. The molecular formula is C12H16BrNO2S2. The second kappa shape index (κ2) is 6.93. The fourth-order valence-corrected chi connectivity index (χ4v) is 4.33. The van der Waals surface area contributed by atoms with Gasteiger partial charge in [0.2, 0.25) is 0 Å². The molecule has 0 unspecified atom stereocenters. The summed E-state index contributed by atoms with van der Waals surface area (Å²) < 4.78 is 6.33. The Bertz CT molecular complexity index is 405. The Morgan fingerprint density at radius 3 is 3.11 bits per heavy atom. The maximum Gasteiger partial charge on any atom is 0.320 e. The topological polar surface area (TPSA) is 29.5 Å². The quantitative estimate of drug-likeness (QED) is 0.764. The Morgan fingerprint density at radius 1 is 1.67 bits per heavy atom. The molecule has 0 N–H and O–H groups in total. The smallest absolute Gasteiger partial charge is 0.320 e. The number of halogens is 1. The van der Waals surface area contributed by atoms with Crippen molar-refractivity contribution in [2.45, 2.75) is 19.1 Å². The van der Waals surface area contributed by atoms with E-state index in [0.29, 0.717) is 19.2 Å². The third-order valence-corrected chi connectivity index (χ3v) is 5.63. The van der Waals surface area contributed by atoms with E-state index in [1.54, 1.807) is 11.3 Å². The largest absolute Gasteiger partial charge is 0.460 e. The Morgan fingerprint density at radius 2 is 2.50 bits per heavy atom. The molecule has 0 radical (unpaired) electrons. The van der Waals surface area contributed by atoms with Crippen molar-refractivity contribution in [1.82, 2.24) is 4.90 Å². The van der Waals surface area contributed by atoms with E-state index < -0.39 is 0 Å². The molecule has 0 bridgehead atoms.